The summed E-state index contributed by atoms with van der Waals surface area (Å²) >= 11 is 0. The number of anilines is 1. The van der Waals surface area contributed by atoms with Crippen LogP contribution >= 0.6 is 0 Å². The van der Waals surface area contributed by atoms with Crippen molar-refractivity contribution in [1.82, 2.24) is 30.2 Å². The number of hydrogen-bond acceptors (Lipinski definition) is 6. The molecule has 0 unspecified atom stereocenters. The van der Waals surface area contributed by atoms with Crippen LogP contribution in [-0.2, 0) is 24.9 Å². The molecule has 0 radical (unpaired) electrons. The van der Waals surface area contributed by atoms with Crippen molar-refractivity contribution in [2.45, 2.75) is 19.5 Å². The highest BCUT2D eigenvalue weighted by Crippen LogP contribution is 2.24. The minimum absolute atomic E-state index is 0.259. The van der Waals surface area contributed by atoms with E-state index in [0.717, 1.165) is 17.9 Å². The normalized spacial score (nSPS) is 17.3. The van der Waals surface area contributed by atoms with Crippen LogP contribution in [0, 0.1) is 0 Å². The van der Waals surface area contributed by atoms with E-state index in [4.69, 9.17) is 0 Å². The van der Waals surface area contributed by atoms with Gasteiger partial charge in [-0.2, -0.15) is 0 Å². The molecule has 9 nitrogen and oxygen atoms in total. The van der Waals surface area contributed by atoms with E-state index >= 15 is 0 Å². The molecule has 118 valence electrons. The maximum absolute atomic E-state index is 12.0. The summed E-state index contributed by atoms with van der Waals surface area (Å²) in [7, 11) is 1.81. The van der Waals surface area contributed by atoms with Crippen molar-refractivity contribution >= 4 is 17.8 Å². The average molecular weight is 313 g/mol. The lowest BCUT2D eigenvalue weighted by atomic mass is 10.3. The number of fused-ring (bicyclic) bond motifs is 1. The molecule has 0 bridgehead atoms. The zero-order valence-electron chi connectivity index (χ0n) is 12.5. The summed E-state index contributed by atoms with van der Waals surface area (Å²) in [5, 5.41) is 5.51. The molecule has 9 heteroatoms. The summed E-state index contributed by atoms with van der Waals surface area (Å²) < 4.78 is 1.79. The molecule has 23 heavy (non-hydrogen) atoms. The summed E-state index contributed by atoms with van der Waals surface area (Å²) in [5.41, 5.74) is 2.54. The fourth-order valence-corrected chi connectivity index (χ4v) is 2.82. The summed E-state index contributed by atoms with van der Waals surface area (Å²) in [5.74, 6) is 0.989. The molecule has 1 saturated heterocycles. The molecule has 2 aromatic heterocycles. The lowest BCUT2D eigenvalue weighted by Crippen LogP contribution is -2.50. The van der Waals surface area contributed by atoms with Gasteiger partial charge in [0.2, 0.25) is 5.91 Å². The first-order chi connectivity index (χ1) is 11.1. The monoisotopic (exact) mass is 313 g/mol. The number of urea groups is 1. The third-order valence-electron chi connectivity index (χ3n) is 4.04. The Bertz CT molecular complexity index is 813. The quantitative estimate of drug-likeness (QED) is 0.804. The van der Waals surface area contributed by atoms with Gasteiger partial charge in [0.25, 0.3) is 0 Å². The number of hydrogen-bond donors (Lipinski definition) is 2. The number of aromatic nitrogens is 4. The predicted molar refractivity (Wildman–Crippen MR) is 80.3 cm³/mol. The Kier molecular flexibility index (Phi) is 3.08. The molecular formula is C14H15N7O2. The smallest absolute Gasteiger partial charge is 0.312 e. The third-order valence-corrected chi connectivity index (χ3v) is 4.04. The van der Waals surface area contributed by atoms with Crippen LogP contribution in [0.15, 0.2) is 12.4 Å². The van der Waals surface area contributed by atoms with Crippen LogP contribution in [0.1, 0.15) is 17.8 Å². The third kappa shape index (κ3) is 2.25. The van der Waals surface area contributed by atoms with Gasteiger partial charge in [0.15, 0.2) is 5.82 Å². The molecule has 4 rings (SSSR count). The van der Waals surface area contributed by atoms with E-state index in [2.05, 4.69) is 25.6 Å². The molecule has 4 heterocycles. The minimum Gasteiger partial charge on any atom is -0.312 e. The topological polar surface area (TPSA) is 105 Å². The second-order valence-corrected chi connectivity index (χ2v) is 5.51. The first-order valence-electron chi connectivity index (χ1n) is 7.32. The molecule has 2 aliphatic rings. The first-order valence-corrected chi connectivity index (χ1v) is 7.32. The minimum atomic E-state index is -0.431. The van der Waals surface area contributed by atoms with Gasteiger partial charge in [-0.1, -0.05) is 0 Å². The molecule has 2 aromatic rings. The summed E-state index contributed by atoms with van der Waals surface area (Å²) in [4.78, 5) is 38.1. The highest BCUT2D eigenvalue weighted by molar-refractivity contribution is 6.05. The highest BCUT2D eigenvalue weighted by Gasteiger charge is 2.27. The Labute approximate surface area is 131 Å². The van der Waals surface area contributed by atoms with Gasteiger partial charge in [0.1, 0.15) is 11.5 Å². The van der Waals surface area contributed by atoms with E-state index in [-0.39, 0.29) is 12.3 Å². The Morgan fingerprint density at radius 3 is 2.78 bits per heavy atom. The highest BCUT2D eigenvalue weighted by atomic mass is 16.2. The fraction of sp³-hybridized carbons (Fsp3) is 0.357. The van der Waals surface area contributed by atoms with Gasteiger partial charge in [0.05, 0.1) is 23.8 Å². The maximum atomic E-state index is 12.0. The molecule has 2 aliphatic heterocycles. The Morgan fingerprint density at radius 2 is 1.96 bits per heavy atom. The average Bonchev–Trinajstić information content (AvgIpc) is 3.13. The Balaban J connectivity index is 1.68. The van der Waals surface area contributed by atoms with Crippen molar-refractivity contribution < 1.29 is 9.59 Å². The largest absolute Gasteiger partial charge is 0.329 e. The van der Waals surface area contributed by atoms with Crippen molar-refractivity contribution in [2.24, 2.45) is 7.05 Å². The summed E-state index contributed by atoms with van der Waals surface area (Å²) in [6.07, 6.45) is 3.58. The molecule has 3 amide bonds. The Morgan fingerprint density at radius 1 is 1.13 bits per heavy atom. The van der Waals surface area contributed by atoms with E-state index in [1.54, 1.807) is 17.0 Å². The molecule has 0 saturated carbocycles. The standard InChI is InChI=1S/C14H15N7O2/c1-20-12(21-3-2-11(22)19-14(21)23)7-17-13(20)10-6-16-8-4-15-5-9(8)18-10/h6-7,15H,2-5H2,1H3,(H,19,22,23). The molecule has 2 N–H and O–H groups in total. The first kappa shape index (κ1) is 13.8. The molecule has 1 fully saturated rings. The molecule has 0 aromatic carbocycles. The number of rotatable bonds is 2. The van der Waals surface area contributed by atoms with E-state index in [9.17, 15) is 9.59 Å². The van der Waals surface area contributed by atoms with Gasteiger partial charge < -0.3 is 9.88 Å². The van der Waals surface area contributed by atoms with Crippen molar-refractivity contribution in [3.05, 3.63) is 23.8 Å². The maximum Gasteiger partial charge on any atom is 0.329 e. The second kappa shape index (κ2) is 5.13. The lowest BCUT2D eigenvalue weighted by molar-refractivity contribution is -0.120. The van der Waals surface area contributed by atoms with Crippen LogP contribution in [0.3, 0.4) is 0 Å². The number of carbonyl (C=O) groups is 2. The number of imidazole rings is 1. The zero-order chi connectivity index (χ0) is 16.0. The van der Waals surface area contributed by atoms with E-state index in [1.165, 1.54) is 4.90 Å². The number of imide groups is 1. The van der Waals surface area contributed by atoms with Crippen LogP contribution < -0.4 is 15.5 Å². The van der Waals surface area contributed by atoms with Crippen molar-refractivity contribution in [3.63, 3.8) is 0 Å². The zero-order valence-corrected chi connectivity index (χ0v) is 12.5. The van der Waals surface area contributed by atoms with Crippen LogP contribution in [-0.4, -0.2) is 38.0 Å². The van der Waals surface area contributed by atoms with Crippen LogP contribution in [0.5, 0.6) is 0 Å². The SMILES string of the molecule is Cn1c(N2CCC(=O)NC2=O)cnc1-c1cnc2c(n1)CNC2. The molecule has 0 spiro atoms. The summed E-state index contributed by atoms with van der Waals surface area (Å²) in [6.45, 7) is 1.77. The van der Waals surface area contributed by atoms with Crippen LogP contribution in [0.25, 0.3) is 11.5 Å². The molecular weight excluding hydrogens is 298 g/mol. The van der Waals surface area contributed by atoms with Gasteiger partial charge >= 0.3 is 6.03 Å². The number of carbonyl (C=O) groups excluding carboxylic acids is 2. The van der Waals surface area contributed by atoms with Gasteiger partial charge in [-0.25, -0.2) is 14.8 Å². The van der Waals surface area contributed by atoms with E-state index in [0.29, 0.717) is 30.4 Å². The van der Waals surface area contributed by atoms with E-state index in [1.807, 2.05) is 7.05 Å². The summed E-state index contributed by atoms with van der Waals surface area (Å²) in [6, 6.07) is -0.431. The second-order valence-electron chi connectivity index (χ2n) is 5.51. The van der Waals surface area contributed by atoms with Gasteiger partial charge in [-0.3, -0.25) is 20.0 Å². The van der Waals surface area contributed by atoms with Gasteiger partial charge in [-0.15, -0.1) is 0 Å². The van der Waals surface area contributed by atoms with Crippen molar-refractivity contribution in [2.75, 3.05) is 11.4 Å². The molecule has 0 aliphatic carbocycles. The Hall–Kier alpha value is -2.81. The number of nitrogens with one attached hydrogen (secondary N) is 2. The van der Waals surface area contributed by atoms with Gasteiger partial charge in [0, 0.05) is 33.1 Å². The predicted octanol–water partition coefficient (Wildman–Crippen LogP) is -0.0734. The van der Waals surface area contributed by atoms with Crippen LogP contribution in [0.2, 0.25) is 0 Å². The van der Waals surface area contributed by atoms with Crippen molar-refractivity contribution in [3.8, 4) is 11.5 Å². The van der Waals surface area contributed by atoms with Crippen molar-refractivity contribution in [1.29, 1.82) is 0 Å². The van der Waals surface area contributed by atoms with Gasteiger partial charge in [-0.05, 0) is 0 Å². The fourth-order valence-electron chi connectivity index (χ4n) is 2.82. The van der Waals surface area contributed by atoms with E-state index < -0.39 is 6.03 Å². The number of nitrogens with zero attached hydrogens (tertiary/aromatic N) is 5. The van der Waals surface area contributed by atoms with Crippen LogP contribution in [0.4, 0.5) is 10.6 Å². The lowest BCUT2D eigenvalue weighted by Gasteiger charge is -2.26. The molecule has 0 atom stereocenters. The number of amides is 3.